The maximum atomic E-state index is 12.7. The van der Waals surface area contributed by atoms with E-state index in [1.165, 1.54) is 16.4 Å². The number of hydrogen-bond acceptors (Lipinski definition) is 3. The molecule has 1 aromatic carbocycles. The maximum Gasteiger partial charge on any atom is 0.243 e. The summed E-state index contributed by atoms with van der Waals surface area (Å²) < 4.78 is 26.9. The number of benzene rings is 1. The van der Waals surface area contributed by atoms with Crippen LogP contribution in [-0.2, 0) is 14.8 Å². The highest BCUT2D eigenvalue weighted by molar-refractivity contribution is 7.89. The third kappa shape index (κ3) is 4.05. The largest absolute Gasteiger partial charge is 0.343 e. The van der Waals surface area contributed by atoms with Crippen molar-refractivity contribution in [2.45, 2.75) is 31.6 Å². The number of halogens is 1. The number of carbonyl (C=O) groups is 1. The summed E-state index contributed by atoms with van der Waals surface area (Å²) in [7, 11) is -3.58. The number of nitrogens with zero attached hydrogens (tertiary/aromatic N) is 2. The van der Waals surface area contributed by atoms with Crippen LogP contribution >= 0.6 is 11.6 Å². The van der Waals surface area contributed by atoms with E-state index < -0.39 is 10.0 Å². The Balaban J connectivity index is 2.17. The Bertz CT molecular complexity index is 642. The zero-order valence-corrected chi connectivity index (χ0v) is 15.1. The molecule has 0 spiro atoms. The lowest BCUT2D eigenvalue weighted by Crippen LogP contribution is -2.46. The Morgan fingerprint density at radius 1 is 1.26 bits per heavy atom. The van der Waals surface area contributed by atoms with Gasteiger partial charge in [0.15, 0.2) is 0 Å². The lowest BCUT2D eigenvalue weighted by Gasteiger charge is -2.33. The number of hydrogen-bond donors (Lipinski definition) is 0. The lowest BCUT2D eigenvalue weighted by molar-refractivity contribution is -0.136. The molecule has 5 nitrogen and oxygen atoms in total. The number of piperidine rings is 1. The van der Waals surface area contributed by atoms with Crippen molar-refractivity contribution >= 4 is 27.5 Å². The summed E-state index contributed by atoms with van der Waals surface area (Å²) in [5, 5.41) is 0.497. The maximum absolute atomic E-state index is 12.7. The molecule has 1 aliphatic rings. The highest BCUT2D eigenvalue weighted by Crippen LogP contribution is 2.25. The Morgan fingerprint density at radius 2 is 1.87 bits per heavy atom. The third-order valence-electron chi connectivity index (χ3n) is 4.26. The first-order valence-corrected chi connectivity index (χ1v) is 9.76. The average molecular weight is 359 g/mol. The van der Waals surface area contributed by atoms with Gasteiger partial charge in [-0.05, 0) is 51.0 Å². The van der Waals surface area contributed by atoms with Gasteiger partial charge in [0.05, 0.1) is 10.8 Å². The summed E-state index contributed by atoms with van der Waals surface area (Å²) >= 11 is 5.82. The second-order valence-electron chi connectivity index (χ2n) is 5.67. The molecule has 0 aliphatic carbocycles. The second kappa shape index (κ2) is 7.64. The topological polar surface area (TPSA) is 57.7 Å². The minimum atomic E-state index is -3.58. The SMILES string of the molecule is CCN(CC)C(=O)[C@H]1CCCN(S(=O)(=O)c2ccc(Cl)cc2)C1. The fourth-order valence-corrected chi connectivity index (χ4v) is 4.56. The van der Waals surface area contributed by atoms with Crippen molar-refractivity contribution in [3.8, 4) is 0 Å². The van der Waals surface area contributed by atoms with Gasteiger partial charge in [-0.2, -0.15) is 4.31 Å². The molecule has 0 unspecified atom stereocenters. The van der Waals surface area contributed by atoms with E-state index in [9.17, 15) is 13.2 Å². The van der Waals surface area contributed by atoms with E-state index in [1.54, 1.807) is 17.0 Å². The molecular formula is C16H23ClN2O3S. The molecule has 0 aromatic heterocycles. The van der Waals surface area contributed by atoms with E-state index in [2.05, 4.69) is 0 Å². The highest BCUT2D eigenvalue weighted by atomic mass is 35.5. The van der Waals surface area contributed by atoms with Gasteiger partial charge in [0.25, 0.3) is 0 Å². The fraction of sp³-hybridized carbons (Fsp3) is 0.562. The molecule has 1 saturated heterocycles. The smallest absolute Gasteiger partial charge is 0.243 e. The molecule has 7 heteroatoms. The van der Waals surface area contributed by atoms with E-state index in [1.807, 2.05) is 13.8 Å². The standard InChI is InChI=1S/C16H23ClN2O3S/c1-3-18(4-2)16(20)13-6-5-11-19(12-13)23(21,22)15-9-7-14(17)8-10-15/h7-10,13H,3-6,11-12H2,1-2H3/t13-/m0/s1. The molecule has 1 aromatic rings. The Labute approximate surface area is 143 Å². The normalized spacial score (nSPS) is 19.5. The van der Waals surface area contributed by atoms with Crippen molar-refractivity contribution in [3.05, 3.63) is 29.3 Å². The molecule has 2 rings (SSSR count). The van der Waals surface area contributed by atoms with Gasteiger partial charge in [-0.25, -0.2) is 8.42 Å². The molecular weight excluding hydrogens is 336 g/mol. The van der Waals surface area contributed by atoms with Crippen LogP contribution in [0.15, 0.2) is 29.2 Å². The molecule has 1 fully saturated rings. The first-order valence-electron chi connectivity index (χ1n) is 7.94. The summed E-state index contributed by atoms with van der Waals surface area (Å²) in [6, 6.07) is 6.15. The molecule has 0 saturated carbocycles. The van der Waals surface area contributed by atoms with Crippen LogP contribution < -0.4 is 0 Å². The summed E-state index contributed by atoms with van der Waals surface area (Å²) in [5.74, 6) is -0.211. The summed E-state index contributed by atoms with van der Waals surface area (Å²) in [6.07, 6.45) is 1.44. The summed E-state index contributed by atoms with van der Waals surface area (Å²) in [6.45, 7) is 5.87. The number of carbonyl (C=O) groups excluding carboxylic acids is 1. The van der Waals surface area contributed by atoms with E-state index in [-0.39, 0.29) is 23.3 Å². The number of rotatable bonds is 5. The molecule has 0 bridgehead atoms. The van der Waals surface area contributed by atoms with Crippen LogP contribution in [-0.4, -0.2) is 49.7 Å². The van der Waals surface area contributed by atoms with Gasteiger partial charge in [0, 0.05) is 31.2 Å². The zero-order chi connectivity index (χ0) is 17.0. The van der Waals surface area contributed by atoms with Crippen LogP contribution in [0.1, 0.15) is 26.7 Å². The summed E-state index contributed by atoms with van der Waals surface area (Å²) in [5.41, 5.74) is 0. The molecule has 1 heterocycles. The van der Waals surface area contributed by atoms with Crippen molar-refractivity contribution in [1.29, 1.82) is 0 Å². The van der Waals surface area contributed by atoms with Crippen molar-refractivity contribution in [2.75, 3.05) is 26.2 Å². The highest BCUT2D eigenvalue weighted by Gasteiger charge is 2.34. The second-order valence-corrected chi connectivity index (χ2v) is 8.04. The number of amides is 1. The predicted molar refractivity (Wildman–Crippen MR) is 90.9 cm³/mol. The quantitative estimate of drug-likeness (QED) is 0.813. The van der Waals surface area contributed by atoms with Gasteiger partial charge < -0.3 is 4.90 Å². The van der Waals surface area contributed by atoms with Crippen LogP contribution in [0, 0.1) is 5.92 Å². The van der Waals surface area contributed by atoms with Crippen molar-refractivity contribution in [3.63, 3.8) is 0 Å². The van der Waals surface area contributed by atoms with Crippen molar-refractivity contribution in [2.24, 2.45) is 5.92 Å². The molecule has 0 radical (unpaired) electrons. The van der Waals surface area contributed by atoms with Crippen LogP contribution in [0.5, 0.6) is 0 Å². The Kier molecular flexibility index (Phi) is 6.06. The summed E-state index contributed by atoms with van der Waals surface area (Å²) in [4.78, 5) is 14.5. The van der Waals surface area contributed by atoms with Crippen LogP contribution in [0.3, 0.4) is 0 Å². The molecule has 128 valence electrons. The van der Waals surface area contributed by atoms with Gasteiger partial charge >= 0.3 is 0 Å². The Hall–Kier alpha value is -1.11. The van der Waals surface area contributed by atoms with Crippen LogP contribution in [0.25, 0.3) is 0 Å². The third-order valence-corrected chi connectivity index (χ3v) is 6.39. The van der Waals surface area contributed by atoms with Crippen molar-refractivity contribution < 1.29 is 13.2 Å². The van der Waals surface area contributed by atoms with Crippen molar-refractivity contribution in [1.82, 2.24) is 9.21 Å². The minimum Gasteiger partial charge on any atom is -0.343 e. The number of sulfonamides is 1. The van der Waals surface area contributed by atoms with Gasteiger partial charge in [-0.1, -0.05) is 11.6 Å². The van der Waals surface area contributed by atoms with E-state index in [0.29, 0.717) is 31.1 Å². The van der Waals surface area contributed by atoms with E-state index in [4.69, 9.17) is 11.6 Å². The Morgan fingerprint density at radius 3 is 2.43 bits per heavy atom. The molecule has 1 atom stereocenters. The minimum absolute atomic E-state index is 0.0472. The molecule has 0 N–H and O–H groups in total. The monoisotopic (exact) mass is 358 g/mol. The van der Waals surface area contributed by atoms with Gasteiger partial charge in [0.2, 0.25) is 15.9 Å². The lowest BCUT2D eigenvalue weighted by atomic mass is 9.98. The van der Waals surface area contributed by atoms with Crippen LogP contribution in [0.2, 0.25) is 5.02 Å². The van der Waals surface area contributed by atoms with Gasteiger partial charge in [-0.3, -0.25) is 4.79 Å². The fourth-order valence-electron chi connectivity index (χ4n) is 2.91. The van der Waals surface area contributed by atoms with E-state index >= 15 is 0 Å². The van der Waals surface area contributed by atoms with E-state index in [0.717, 1.165) is 6.42 Å². The van der Waals surface area contributed by atoms with Gasteiger partial charge in [-0.15, -0.1) is 0 Å². The first kappa shape index (κ1) is 18.2. The average Bonchev–Trinajstić information content (AvgIpc) is 2.56. The first-order chi connectivity index (χ1) is 10.9. The molecule has 1 aliphatic heterocycles. The van der Waals surface area contributed by atoms with Gasteiger partial charge in [0.1, 0.15) is 0 Å². The zero-order valence-electron chi connectivity index (χ0n) is 13.5. The van der Waals surface area contributed by atoms with Crippen LogP contribution in [0.4, 0.5) is 0 Å². The molecule has 1 amide bonds. The predicted octanol–water partition coefficient (Wildman–Crippen LogP) is 2.61. The molecule has 23 heavy (non-hydrogen) atoms.